The van der Waals surface area contributed by atoms with Gasteiger partial charge in [-0.25, -0.2) is 4.98 Å². The summed E-state index contributed by atoms with van der Waals surface area (Å²) < 4.78 is 44.4. The van der Waals surface area contributed by atoms with Crippen LogP contribution in [0.2, 0.25) is 0 Å². The minimum Gasteiger partial charge on any atom is -0.380 e. The van der Waals surface area contributed by atoms with Gasteiger partial charge in [0.25, 0.3) is 11.7 Å². The van der Waals surface area contributed by atoms with E-state index in [0.29, 0.717) is 5.84 Å². The van der Waals surface area contributed by atoms with E-state index in [4.69, 9.17) is 15.6 Å². The third-order valence-electron chi connectivity index (χ3n) is 7.96. The van der Waals surface area contributed by atoms with Crippen molar-refractivity contribution >= 4 is 23.8 Å². The highest BCUT2D eigenvalue weighted by Gasteiger charge is 2.47. The van der Waals surface area contributed by atoms with Crippen LogP contribution < -0.4 is 11.2 Å². The first-order valence-corrected chi connectivity index (χ1v) is 13.5. The molecule has 3 N–H and O–H groups in total. The molecule has 1 aromatic carbocycles. The Morgan fingerprint density at radius 1 is 1.24 bits per heavy atom. The number of anilines is 1. The average Bonchev–Trinajstić information content (AvgIpc) is 3.25. The normalized spacial score (nSPS) is 25.5. The van der Waals surface area contributed by atoms with Gasteiger partial charge in [-0.2, -0.15) is 24.0 Å². The highest BCUT2D eigenvalue weighted by atomic mass is 19.4. The first-order chi connectivity index (χ1) is 19.5. The van der Waals surface area contributed by atoms with Crippen LogP contribution in [0.1, 0.15) is 41.3 Å². The number of fused-ring (bicyclic) bond motifs is 1. The number of quaternary nitrogens is 1. The summed E-state index contributed by atoms with van der Waals surface area (Å²) in [6, 6.07) is 8.32. The molecule has 2 fully saturated rings. The van der Waals surface area contributed by atoms with Gasteiger partial charge >= 0.3 is 6.18 Å². The molecule has 2 aromatic rings. The number of amidine groups is 1. The van der Waals surface area contributed by atoms with Crippen LogP contribution in [0, 0.1) is 11.3 Å². The van der Waals surface area contributed by atoms with Gasteiger partial charge in [0.2, 0.25) is 5.70 Å². The second-order valence-electron chi connectivity index (χ2n) is 11.4. The van der Waals surface area contributed by atoms with Crippen molar-refractivity contribution in [2.24, 2.45) is 27.2 Å². The Bertz CT molecular complexity index is 1480. The molecule has 41 heavy (non-hydrogen) atoms. The van der Waals surface area contributed by atoms with Gasteiger partial charge in [0.1, 0.15) is 17.7 Å². The van der Waals surface area contributed by atoms with Crippen molar-refractivity contribution in [1.82, 2.24) is 9.88 Å². The number of piperidine rings is 1. The topological polar surface area (TPSA) is 105 Å². The quantitative estimate of drug-likeness (QED) is 0.400. The van der Waals surface area contributed by atoms with Gasteiger partial charge in [-0.15, -0.1) is 4.59 Å². The number of carbonyl (C=O) groups excluding carboxylic acids is 1. The van der Waals surface area contributed by atoms with Crippen LogP contribution in [0.15, 0.2) is 76.4 Å². The van der Waals surface area contributed by atoms with Crippen LogP contribution in [0.5, 0.6) is 0 Å². The predicted octanol–water partition coefficient (Wildman–Crippen LogP) is 4.32. The lowest BCUT2D eigenvalue weighted by Gasteiger charge is -2.44. The number of nitrogens with two attached hydrogens (primary N) is 1. The number of hydrogen-bond acceptors (Lipinski definition) is 7. The van der Waals surface area contributed by atoms with E-state index in [1.54, 1.807) is 42.9 Å². The number of alkyl halides is 3. The number of carbonyl (C=O) groups is 1. The van der Waals surface area contributed by atoms with E-state index in [1.807, 2.05) is 0 Å². The van der Waals surface area contributed by atoms with Crippen molar-refractivity contribution < 1.29 is 27.3 Å². The SMILES string of the molecule is CC1(CN2CCC[C@@H](C3=C4C=NC=C[N+]4(N)C(c4ccc(C(=O)Nc5cc(C(F)(F)F)ccn5)cc4)=N3)C2)COC1. The number of hydrogen-bond donors (Lipinski definition) is 2. The fraction of sp³-hybridized carbons (Fsp3) is 0.379. The minimum atomic E-state index is -4.54. The Morgan fingerprint density at radius 2 is 2.02 bits per heavy atom. The lowest BCUT2D eigenvalue weighted by atomic mass is 9.86. The smallest absolute Gasteiger partial charge is 0.380 e. The number of allylic oxidation sites excluding steroid dienone is 1. The third-order valence-corrected chi connectivity index (χ3v) is 7.96. The average molecular weight is 567 g/mol. The van der Waals surface area contributed by atoms with Gasteiger partial charge in [0.05, 0.1) is 36.8 Å². The number of pyridine rings is 1. The van der Waals surface area contributed by atoms with Gasteiger partial charge in [-0.1, -0.05) is 6.92 Å². The van der Waals surface area contributed by atoms with E-state index in [-0.39, 0.29) is 27.3 Å². The van der Waals surface area contributed by atoms with Crippen molar-refractivity contribution in [2.45, 2.75) is 25.9 Å². The molecule has 1 amide bonds. The van der Waals surface area contributed by atoms with Crippen LogP contribution in [-0.2, 0) is 10.9 Å². The van der Waals surface area contributed by atoms with Gasteiger partial charge in [-0.3, -0.25) is 9.79 Å². The summed E-state index contributed by atoms with van der Waals surface area (Å²) in [6.45, 7) is 6.74. The Hall–Kier alpha value is -3.71. The van der Waals surface area contributed by atoms with Crippen LogP contribution in [0.3, 0.4) is 0 Å². The number of nitrogens with one attached hydrogen (secondary N) is 1. The molecule has 4 aliphatic rings. The molecule has 0 saturated carbocycles. The molecule has 214 valence electrons. The first-order valence-electron chi connectivity index (χ1n) is 13.5. The number of likely N-dealkylation sites (tertiary alicyclic amines) is 1. The zero-order valence-corrected chi connectivity index (χ0v) is 22.6. The molecule has 1 unspecified atom stereocenters. The van der Waals surface area contributed by atoms with E-state index in [0.717, 1.165) is 81.0 Å². The second kappa shape index (κ2) is 10.3. The predicted molar refractivity (Wildman–Crippen MR) is 147 cm³/mol. The molecular weight excluding hydrogens is 535 g/mol. The number of aliphatic imine (C=N–C) groups is 2. The van der Waals surface area contributed by atoms with Crippen molar-refractivity contribution in [2.75, 3.05) is 38.2 Å². The van der Waals surface area contributed by atoms with E-state index in [9.17, 15) is 18.0 Å². The Morgan fingerprint density at radius 3 is 2.73 bits per heavy atom. The number of nitrogens with zero attached hydrogens (tertiary/aromatic N) is 5. The Balaban J connectivity index is 1.21. The molecule has 5 heterocycles. The largest absolute Gasteiger partial charge is 0.416 e. The molecule has 4 aliphatic heterocycles. The maximum Gasteiger partial charge on any atom is 0.416 e. The van der Waals surface area contributed by atoms with Crippen molar-refractivity contribution in [1.29, 1.82) is 0 Å². The first kappa shape index (κ1) is 27.5. The van der Waals surface area contributed by atoms with Crippen molar-refractivity contribution in [3.63, 3.8) is 0 Å². The molecule has 2 atom stereocenters. The lowest BCUT2D eigenvalue weighted by Crippen LogP contribution is -2.53. The minimum absolute atomic E-state index is 0.124. The summed E-state index contributed by atoms with van der Waals surface area (Å²) in [5.74, 6) is 6.96. The molecule has 9 nitrogen and oxygen atoms in total. The third kappa shape index (κ3) is 5.35. The second-order valence-corrected chi connectivity index (χ2v) is 11.4. The number of amides is 1. The van der Waals surface area contributed by atoms with Gasteiger partial charge in [0, 0.05) is 36.2 Å². The maximum atomic E-state index is 13.0. The van der Waals surface area contributed by atoms with E-state index >= 15 is 0 Å². The van der Waals surface area contributed by atoms with E-state index in [1.165, 1.54) is 0 Å². The molecule has 0 radical (unpaired) electrons. The fourth-order valence-electron chi connectivity index (χ4n) is 5.84. The molecule has 2 saturated heterocycles. The van der Waals surface area contributed by atoms with Gasteiger partial charge in [-0.05, 0) is 55.8 Å². The monoisotopic (exact) mass is 566 g/mol. The number of aromatic nitrogens is 1. The summed E-state index contributed by atoms with van der Waals surface area (Å²) in [6.07, 6.45) is 3.74. The van der Waals surface area contributed by atoms with Crippen molar-refractivity contribution in [3.05, 3.63) is 83.1 Å². The fourth-order valence-corrected chi connectivity index (χ4v) is 5.84. The summed E-state index contributed by atoms with van der Waals surface area (Å²) in [7, 11) is 0. The van der Waals surface area contributed by atoms with Crippen LogP contribution in [0.25, 0.3) is 0 Å². The summed E-state index contributed by atoms with van der Waals surface area (Å²) in [4.78, 5) is 28.5. The lowest BCUT2D eigenvalue weighted by molar-refractivity contribution is -0.750. The Kier molecular flexibility index (Phi) is 6.89. The highest BCUT2D eigenvalue weighted by molar-refractivity contribution is 6.05. The summed E-state index contributed by atoms with van der Waals surface area (Å²) in [5, 5.41) is 2.43. The van der Waals surface area contributed by atoms with Crippen molar-refractivity contribution in [3.8, 4) is 0 Å². The molecule has 6 rings (SSSR count). The zero-order chi connectivity index (χ0) is 28.8. The van der Waals surface area contributed by atoms with Crippen LogP contribution >= 0.6 is 0 Å². The van der Waals surface area contributed by atoms with Crippen LogP contribution in [-0.4, -0.2) is 65.3 Å². The molecule has 0 spiro atoms. The number of halogens is 3. The molecule has 12 heteroatoms. The molecular formula is C29H31F3N7O2+. The van der Waals surface area contributed by atoms with Crippen LogP contribution in [0.4, 0.5) is 19.0 Å². The number of benzene rings is 1. The summed E-state index contributed by atoms with van der Waals surface area (Å²) >= 11 is 0. The molecule has 0 aliphatic carbocycles. The standard InChI is InChI=1S/C29H30F3N7O2/c1-28(17-41-18-28)16-38-11-2-3-21(15-38)25-23-14-34-10-12-39(23,33)26(37-25)19-4-6-20(7-5-19)27(40)36-24-13-22(8-9-35-24)29(30,31)32/h4-10,12-14,21H,2-3,11,15-18,33H2,1H3/p+1/t21-,39?/m1/s1. The van der Waals surface area contributed by atoms with Gasteiger partial charge in [0.15, 0.2) is 0 Å². The highest BCUT2D eigenvalue weighted by Crippen LogP contribution is 2.38. The maximum absolute atomic E-state index is 13.0. The molecule has 1 aromatic heterocycles. The summed E-state index contributed by atoms with van der Waals surface area (Å²) in [5.41, 5.74) is 2.03. The number of rotatable bonds is 6. The molecule has 0 bridgehead atoms. The Labute approximate surface area is 235 Å². The number of ether oxygens (including phenoxy) is 1. The van der Waals surface area contributed by atoms with Gasteiger partial charge < -0.3 is 15.0 Å². The zero-order valence-electron chi connectivity index (χ0n) is 22.6. The van der Waals surface area contributed by atoms with E-state index in [2.05, 4.69) is 27.1 Å². The van der Waals surface area contributed by atoms with E-state index < -0.39 is 17.6 Å².